The molecule has 1 nitrogen and oxygen atoms in total. The van der Waals surface area contributed by atoms with Crippen LogP contribution in [0.4, 0.5) is 13.2 Å². The van der Waals surface area contributed by atoms with E-state index in [2.05, 4.69) is 0 Å². The molecule has 2 aliphatic rings. The molecule has 0 unspecified atom stereocenters. The topological polar surface area (TPSA) is 26.0 Å². The molecule has 0 saturated heterocycles. The zero-order valence-electron chi connectivity index (χ0n) is 10.8. The number of halogens is 5. The van der Waals surface area contributed by atoms with Crippen LogP contribution in [0.25, 0.3) is 0 Å². The van der Waals surface area contributed by atoms with Gasteiger partial charge in [0.15, 0.2) is 0 Å². The van der Waals surface area contributed by atoms with Gasteiger partial charge in [-0.3, -0.25) is 0 Å². The number of alkyl halides is 1. The second kappa shape index (κ2) is 5.08. The van der Waals surface area contributed by atoms with E-state index in [1.54, 1.807) is 0 Å². The Labute approximate surface area is 127 Å². The first kappa shape index (κ1) is 15.9. The minimum absolute atomic E-state index is 0. The lowest BCUT2D eigenvalue weighted by Crippen LogP contribution is -2.32. The average molecular weight is 326 g/mol. The summed E-state index contributed by atoms with van der Waals surface area (Å²) in [6.45, 7) is 0. The molecule has 2 fully saturated rings. The van der Waals surface area contributed by atoms with Gasteiger partial charge in [-0.15, -0.1) is 12.4 Å². The summed E-state index contributed by atoms with van der Waals surface area (Å²) in [5.74, 6) is -1.51. The average Bonchev–Trinajstić information content (AvgIpc) is 2.89. The van der Waals surface area contributed by atoms with E-state index < -0.39 is 28.8 Å². The summed E-state index contributed by atoms with van der Waals surface area (Å²) in [5, 5.41) is -0.147. The third-order valence-electron chi connectivity index (χ3n) is 4.86. The summed E-state index contributed by atoms with van der Waals surface area (Å²) in [5.41, 5.74) is 4.18. The Morgan fingerprint density at radius 2 is 1.75 bits per heavy atom. The molecule has 1 atom stereocenters. The highest BCUT2D eigenvalue weighted by Crippen LogP contribution is 2.63. The van der Waals surface area contributed by atoms with Crippen molar-refractivity contribution in [2.75, 3.05) is 0 Å². The molecule has 2 saturated carbocycles. The SMILES string of the molecule is Cl.N[C@H](c1c(F)ccc(Cl)c1F)C12CCC(F)(CC1)C2. The summed E-state index contributed by atoms with van der Waals surface area (Å²) in [7, 11) is 0. The lowest BCUT2D eigenvalue weighted by molar-refractivity contribution is 0.175. The van der Waals surface area contributed by atoms with E-state index in [-0.39, 0.29) is 23.0 Å². The van der Waals surface area contributed by atoms with Gasteiger partial charge in [0.1, 0.15) is 17.3 Å². The standard InChI is InChI=1S/C14H15ClF3N.ClH/c15-8-1-2-9(16)10(11(8)17)12(19)13-3-5-14(18,7-13)6-4-13;/h1-2,12H,3-7,19H2;1H/t12-,13?,14?;/m1./s1. The summed E-state index contributed by atoms with van der Waals surface area (Å²) in [6, 6.07) is 1.44. The summed E-state index contributed by atoms with van der Waals surface area (Å²) in [4.78, 5) is 0. The predicted octanol–water partition coefficient (Wildman–Crippen LogP) is 4.71. The van der Waals surface area contributed by atoms with Crippen LogP contribution in [0.1, 0.15) is 43.7 Å². The minimum Gasteiger partial charge on any atom is -0.323 e. The molecular weight excluding hydrogens is 310 g/mol. The van der Waals surface area contributed by atoms with Crippen molar-refractivity contribution >= 4 is 24.0 Å². The smallest absolute Gasteiger partial charge is 0.149 e. The molecule has 0 heterocycles. The molecule has 0 amide bonds. The van der Waals surface area contributed by atoms with E-state index in [0.29, 0.717) is 32.1 Å². The van der Waals surface area contributed by atoms with Crippen molar-refractivity contribution in [1.82, 2.24) is 0 Å². The van der Waals surface area contributed by atoms with E-state index in [9.17, 15) is 13.2 Å². The highest BCUT2D eigenvalue weighted by Gasteiger charge is 2.58. The maximum Gasteiger partial charge on any atom is 0.149 e. The Balaban J connectivity index is 0.00000147. The van der Waals surface area contributed by atoms with Crippen LogP contribution in [-0.2, 0) is 0 Å². The van der Waals surface area contributed by atoms with Gasteiger partial charge in [-0.25, -0.2) is 13.2 Å². The fourth-order valence-corrected chi connectivity index (χ4v) is 3.90. The number of nitrogens with two attached hydrogens (primary N) is 1. The van der Waals surface area contributed by atoms with E-state index in [1.165, 1.54) is 6.07 Å². The molecule has 0 spiro atoms. The summed E-state index contributed by atoms with van der Waals surface area (Å²) < 4.78 is 42.1. The molecule has 2 N–H and O–H groups in total. The Morgan fingerprint density at radius 1 is 1.15 bits per heavy atom. The third kappa shape index (κ3) is 2.22. The van der Waals surface area contributed by atoms with E-state index in [0.717, 1.165) is 6.07 Å². The molecule has 20 heavy (non-hydrogen) atoms. The van der Waals surface area contributed by atoms with Crippen LogP contribution in [0.2, 0.25) is 5.02 Å². The zero-order valence-corrected chi connectivity index (χ0v) is 12.3. The molecule has 1 aromatic rings. The first-order valence-corrected chi connectivity index (χ1v) is 6.83. The Bertz CT molecular complexity index is 527. The van der Waals surface area contributed by atoms with Crippen LogP contribution < -0.4 is 5.73 Å². The lowest BCUT2D eigenvalue weighted by Gasteiger charge is -2.33. The van der Waals surface area contributed by atoms with Gasteiger partial charge in [0.25, 0.3) is 0 Å². The van der Waals surface area contributed by atoms with Crippen LogP contribution in [0.15, 0.2) is 12.1 Å². The van der Waals surface area contributed by atoms with Crippen molar-refractivity contribution in [2.45, 2.75) is 43.8 Å². The number of hydrogen-bond donors (Lipinski definition) is 1. The van der Waals surface area contributed by atoms with Crippen molar-refractivity contribution < 1.29 is 13.2 Å². The van der Waals surface area contributed by atoms with Crippen molar-refractivity contribution in [1.29, 1.82) is 0 Å². The van der Waals surface area contributed by atoms with Crippen LogP contribution in [-0.4, -0.2) is 5.67 Å². The van der Waals surface area contributed by atoms with Gasteiger partial charge >= 0.3 is 0 Å². The van der Waals surface area contributed by atoms with E-state index >= 15 is 0 Å². The van der Waals surface area contributed by atoms with Gasteiger partial charge in [0.2, 0.25) is 0 Å². The second-order valence-electron chi connectivity index (χ2n) is 5.92. The van der Waals surface area contributed by atoms with Gasteiger partial charge in [-0.2, -0.15) is 0 Å². The molecular formula is C14H16Cl2F3N. The van der Waals surface area contributed by atoms with Crippen molar-refractivity contribution in [3.63, 3.8) is 0 Å². The number of benzene rings is 1. The molecule has 112 valence electrons. The van der Waals surface area contributed by atoms with E-state index in [4.69, 9.17) is 17.3 Å². The number of rotatable bonds is 2. The van der Waals surface area contributed by atoms with Gasteiger partial charge in [-0.1, -0.05) is 11.6 Å². The normalized spacial score (nSPS) is 33.0. The van der Waals surface area contributed by atoms with Crippen molar-refractivity contribution in [2.24, 2.45) is 11.1 Å². The molecule has 2 bridgehead atoms. The highest BCUT2D eigenvalue weighted by atomic mass is 35.5. The molecule has 0 aliphatic heterocycles. The largest absolute Gasteiger partial charge is 0.323 e. The van der Waals surface area contributed by atoms with Crippen LogP contribution >= 0.6 is 24.0 Å². The Morgan fingerprint density at radius 3 is 2.25 bits per heavy atom. The predicted molar refractivity (Wildman–Crippen MR) is 74.9 cm³/mol. The van der Waals surface area contributed by atoms with Gasteiger partial charge in [0.05, 0.1) is 5.02 Å². The lowest BCUT2D eigenvalue weighted by atomic mass is 9.74. The fourth-order valence-electron chi connectivity index (χ4n) is 3.74. The van der Waals surface area contributed by atoms with Crippen LogP contribution in [0.5, 0.6) is 0 Å². The highest BCUT2D eigenvalue weighted by molar-refractivity contribution is 6.30. The Kier molecular flexibility index (Phi) is 4.04. The summed E-state index contributed by atoms with van der Waals surface area (Å²) in [6.07, 6.45) is 2.33. The number of hydrogen-bond acceptors (Lipinski definition) is 1. The number of fused-ring (bicyclic) bond motifs is 2. The molecule has 3 rings (SSSR count). The summed E-state index contributed by atoms with van der Waals surface area (Å²) >= 11 is 5.69. The van der Waals surface area contributed by atoms with Crippen LogP contribution in [0, 0.1) is 17.0 Å². The van der Waals surface area contributed by atoms with Crippen molar-refractivity contribution in [3.05, 3.63) is 34.4 Å². The molecule has 0 radical (unpaired) electrons. The zero-order chi connectivity index (χ0) is 13.8. The van der Waals surface area contributed by atoms with Crippen molar-refractivity contribution in [3.8, 4) is 0 Å². The molecule has 2 aliphatic carbocycles. The molecule has 1 aromatic carbocycles. The third-order valence-corrected chi connectivity index (χ3v) is 5.15. The van der Waals surface area contributed by atoms with Gasteiger partial charge in [-0.05, 0) is 49.7 Å². The Hall–Kier alpha value is -0.450. The fraction of sp³-hybridized carbons (Fsp3) is 0.571. The first-order valence-electron chi connectivity index (χ1n) is 6.45. The molecule has 6 heteroatoms. The van der Waals surface area contributed by atoms with E-state index in [1.807, 2.05) is 0 Å². The quantitative estimate of drug-likeness (QED) is 0.783. The maximum atomic E-state index is 14.2. The van der Waals surface area contributed by atoms with Gasteiger partial charge < -0.3 is 5.73 Å². The molecule has 0 aromatic heterocycles. The van der Waals surface area contributed by atoms with Gasteiger partial charge in [0, 0.05) is 11.6 Å². The minimum atomic E-state index is -1.19. The second-order valence-corrected chi connectivity index (χ2v) is 6.33. The maximum absolute atomic E-state index is 14.2. The van der Waals surface area contributed by atoms with Crippen LogP contribution in [0.3, 0.4) is 0 Å². The monoisotopic (exact) mass is 325 g/mol. The first-order chi connectivity index (χ1) is 8.87.